The molecule has 1 aliphatic carbocycles. The van der Waals surface area contributed by atoms with E-state index in [9.17, 15) is 4.79 Å². The van der Waals surface area contributed by atoms with Crippen LogP contribution in [-0.4, -0.2) is 46.8 Å². The van der Waals surface area contributed by atoms with Gasteiger partial charge in [-0.3, -0.25) is 9.48 Å². The van der Waals surface area contributed by atoms with Crippen molar-refractivity contribution < 1.29 is 4.79 Å². The van der Waals surface area contributed by atoms with E-state index in [1.807, 2.05) is 20.0 Å². The van der Waals surface area contributed by atoms with Crippen molar-refractivity contribution in [3.8, 4) is 0 Å². The van der Waals surface area contributed by atoms with Gasteiger partial charge in [0.1, 0.15) is 5.69 Å². The van der Waals surface area contributed by atoms with E-state index in [1.165, 1.54) is 12.8 Å². The number of carbonyl (C=O) groups excluding carboxylic acids is 1. The Balaban J connectivity index is 1.99. The van der Waals surface area contributed by atoms with Gasteiger partial charge in [-0.15, -0.1) is 0 Å². The molecule has 106 valence electrons. The molecule has 0 aromatic carbocycles. The Labute approximate surface area is 115 Å². The molecule has 0 saturated heterocycles. The first-order valence-corrected chi connectivity index (χ1v) is 6.91. The predicted octanol–water partition coefficient (Wildman–Crippen LogP) is 1.33. The Kier molecular flexibility index (Phi) is 3.94. The largest absolute Gasteiger partial charge is 0.349 e. The molecule has 1 fully saturated rings. The molecule has 0 unspecified atom stereocenters. The van der Waals surface area contributed by atoms with Crippen molar-refractivity contribution in [2.75, 3.05) is 20.6 Å². The first-order valence-electron chi connectivity index (χ1n) is 6.91. The summed E-state index contributed by atoms with van der Waals surface area (Å²) >= 11 is 0. The van der Waals surface area contributed by atoms with E-state index in [0.29, 0.717) is 12.2 Å². The van der Waals surface area contributed by atoms with Gasteiger partial charge >= 0.3 is 0 Å². The molecule has 1 N–H and O–H groups in total. The van der Waals surface area contributed by atoms with Gasteiger partial charge in [-0.1, -0.05) is 12.8 Å². The SMILES string of the molecule is Cc1cc(C(=O)NCC2(N(C)C)CCCC2)nn1C. The lowest BCUT2D eigenvalue weighted by molar-refractivity contribution is 0.0894. The summed E-state index contributed by atoms with van der Waals surface area (Å²) in [6.07, 6.45) is 4.80. The summed E-state index contributed by atoms with van der Waals surface area (Å²) in [6.45, 7) is 2.65. The summed E-state index contributed by atoms with van der Waals surface area (Å²) in [5, 5.41) is 7.26. The van der Waals surface area contributed by atoms with Crippen molar-refractivity contribution in [3.05, 3.63) is 17.5 Å². The van der Waals surface area contributed by atoms with Gasteiger partial charge in [0.05, 0.1) is 0 Å². The maximum Gasteiger partial charge on any atom is 0.271 e. The summed E-state index contributed by atoms with van der Waals surface area (Å²) < 4.78 is 1.73. The van der Waals surface area contributed by atoms with Crippen LogP contribution in [0.4, 0.5) is 0 Å². The smallest absolute Gasteiger partial charge is 0.271 e. The monoisotopic (exact) mass is 264 g/mol. The summed E-state index contributed by atoms with van der Waals surface area (Å²) in [5.74, 6) is -0.0724. The maximum absolute atomic E-state index is 12.1. The Morgan fingerprint density at radius 2 is 2.11 bits per heavy atom. The Morgan fingerprint density at radius 3 is 2.58 bits per heavy atom. The second kappa shape index (κ2) is 5.33. The number of hydrogen-bond donors (Lipinski definition) is 1. The molecule has 19 heavy (non-hydrogen) atoms. The Morgan fingerprint density at radius 1 is 1.47 bits per heavy atom. The average Bonchev–Trinajstić information content (AvgIpc) is 2.95. The lowest BCUT2D eigenvalue weighted by Gasteiger charge is -2.36. The molecule has 1 saturated carbocycles. The topological polar surface area (TPSA) is 50.2 Å². The molecule has 0 spiro atoms. The van der Waals surface area contributed by atoms with E-state index in [0.717, 1.165) is 18.5 Å². The van der Waals surface area contributed by atoms with Crippen molar-refractivity contribution in [1.29, 1.82) is 0 Å². The third-order valence-electron chi connectivity index (χ3n) is 4.41. The number of aryl methyl sites for hydroxylation is 2. The number of likely N-dealkylation sites (N-methyl/N-ethyl adjacent to an activating group) is 1. The van der Waals surface area contributed by atoms with Crippen LogP contribution >= 0.6 is 0 Å². The van der Waals surface area contributed by atoms with E-state index in [-0.39, 0.29) is 11.4 Å². The van der Waals surface area contributed by atoms with Crippen LogP contribution in [0.25, 0.3) is 0 Å². The number of rotatable bonds is 4. The minimum Gasteiger partial charge on any atom is -0.349 e. The molecule has 2 rings (SSSR count). The number of hydrogen-bond acceptors (Lipinski definition) is 3. The second-order valence-corrected chi connectivity index (χ2v) is 5.80. The van der Waals surface area contributed by atoms with Crippen LogP contribution in [0.3, 0.4) is 0 Å². The summed E-state index contributed by atoms with van der Waals surface area (Å²) in [4.78, 5) is 14.4. The normalized spacial score (nSPS) is 17.9. The van der Waals surface area contributed by atoms with Gasteiger partial charge in [0.2, 0.25) is 0 Å². The van der Waals surface area contributed by atoms with Crippen LogP contribution < -0.4 is 5.32 Å². The van der Waals surface area contributed by atoms with Crippen LogP contribution in [0.5, 0.6) is 0 Å². The molecular weight excluding hydrogens is 240 g/mol. The fourth-order valence-electron chi connectivity index (χ4n) is 2.82. The van der Waals surface area contributed by atoms with Crippen molar-refractivity contribution in [1.82, 2.24) is 20.0 Å². The van der Waals surface area contributed by atoms with Crippen LogP contribution in [0.15, 0.2) is 6.07 Å². The molecule has 0 atom stereocenters. The molecule has 5 heteroatoms. The van der Waals surface area contributed by atoms with Crippen molar-refractivity contribution >= 4 is 5.91 Å². The van der Waals surface area contributed by atoms with Crippen LogP contribution in [0.2, 0.25) is 0 Å². The highest BCUT2D eigenvalue weighted by Gasteiger charge is 2.36. The highest BCUT2D eigenvalue weighted by molar-refractivity contribution is 5.92. The van der Waals surface area contributed by atoms with Crippen molar-refractivity contribution in [2.45, 2.75) is 38.1 Å². The molecule has 0 radical (unpaired) electrons. The quantitative estimate of drug-likeness (QED) is 0.892. The number of carbonyl (C=O) groups is 1. The third-order valence-corrected chi connectivity index (χ3v) is 4.41. The molecule has 0 aliphatic heterocycles. The van der Waals surface area contributed by atoms with E-state index in [4.69, 9.17) is 0 Å². The highest BCUT2D eigenvalue weighted by atomic mass is 16.1. The number of amides is 1. The zero-order valence-electron chi connectivity index (χ0n) is 12.4. The van der Waals surface area contributed by atoms with E-state index in [2.05, 4.69) is 29.4 Å². The standard InChI is InChI=1S/C14H24N4O/c1-11-9-12(16-18(11)4)13(19)15-10-14(17(2)3)7-5-6-8-14/h9H,5-8,10H2,1-4H3,(H,15,19). The van der Waals surface area contributed by atoms with Gasteiger partial charge in [0.15, 0.2) is 0 Å². The lowest BCUT2D eigenvalue weighted by Crippen LogP contribution is -2.50. The first-order chi connectivity index (χ1) is 8.94. The van der Waals surface area contributed by atoms with E-state index < -0.39 is 0 Å². The van der Waals surface area contributed by atoms with Gasteiger partial charge in [0, 0.05) is 24.8 Å². The molecule has 1 heterocycles. The van der Waals surface area contributed by atoms with Crippen molar-refractivity contribution in [3.63, 3.8) is 0 Å². The third kappa shape index (κ3) is 2.81. The van der Waals surface area contributed by atoms with Gasteiger partial charge in [-0.2, -0.15) is 5.10 Å². The zero-order valence-corrected chi connectivity index (χ0v) is 12.4. The zero-order chi connectivity index (χ0) is 14.0. The Hall–Kier alpha value is -1.36. The number of nitrogens with zero attached hydrogens (tertiary/aromatic N) is 3. The lowest BCUT2D eigenvalue weighted by atomic mass is 9.96. The van der Waals surface area contributed by atoms with Gasteiger partial charge in [0.25, 0.3) is 5.91 Å². The number of nitrogens with one attached hydrogen (secondary N) is 1. The predicted molar refractivity (Wildman–Crippen MR) is 75.2 cm³/mol. The van der Waals surface area contributed by atoms with Gasteiger partial charge in [-0.25, -0.2) is 0 Å². The van der Waals surface area contributed by atoms with E-state index in [1.54, 1.807) is 4.68 Å². The molecule has 1 aliphatic rings. The van der Waals surface area contributed by atoms with Gasteiger partial charge < -0.3 is 10.2 Å². The number of aromatic nitrogens is 2. The Bertz CT molecular complexity index is 439. The van der Waals surface area contributed by atoms with Crippen LogP contribution in [-0.2, 0) is 7.05 Å². The highest BCUT2D eigenvalue weighted by Crippen LogP contribution is 2.33. The molecule has 5 nitrogen and oxygen atoms in total. The van der Waals surface area contributed by atoms with Gasteiger partial charge in [-0.05, 0) is 39.9 Å². The molecule has 0 bridgehead atoms. The average molecular weight is 264 g/mol. The van der Waals surface area contributed by atoms with Crippen LogP contribution in [0.1, 0.15) is 41.9 Å². The molecule has 1 amide bonds. The minimum absolute atomic E-state index is 0.0724. The second-order valence-electron chi connectivity index (χ2n) is 5.80. The summed E-state index contributed by atoms with van der Waals surface area (Å²) in [7, 11) is 6.05. The fourth-order valence-corrected chi connectivity index (χ4v) is 2.82. The fraction of sp³-hybridized carbons (Fsp3) is 0.714. The van der Waals surface area contributed by atoms with Crippen LogP contribution in [0, 0.1) is 6.92 Å². The van der Waals surface area contributed by atoms with Crippen molar-refractivity contribution in [2.24, 2.45) is 7.05 Å². The summed E-state index contributed by atoms with van der Waals surface area (Å²) in [6, 6.07) is 1.83. The molecular formula is C14H24N4O. The molecule has 1 aromatic heterocycles. The van der Waals surface area contributed by atoms with E-state index >= 15 is 0 Å². The minimum atomic E-state index is -0.0724. The summed E-state index contributed by atoms with van der Waals surface area (Å²) in [5.41, 5.74) is 1.62. The molecule has 1 aromatic rings. The maximum atomic E-state index is 12.1. The first kappa shape index (κ1) is 14.1.